The highest BCUT2D eigenvalue weighted by Gasteiger charge is 2.15. The molecule has 0 aliphatic carbocycles. The summed E-state index contributed by atoms with van der Waals surface area (Å²) in [4.78, 5) is 29.2. The number of anilines is 1. The Morgan fingerprint density at radius 1 is 1.21 bits per heavy atom. The predicted molar refractivity (Wildman–Crippen MR) is 90.1 cm³/mol. The fourth-order valence-electron chi connectivity index (χ4n) is 2.08. The quantitative estimate of drug-likeness (QED) is 0.737. The van der Waals surface area contributed by atoms with Gasteiger partial charge in [0.25, 0.3) is 5.91 Å². The molecule has 0 saturated carbocycles. The molecule has 3 rings (SSSR count). The Bertz CT molecular complexity index is 887. The predicted octanol–water partition coefficient (Wildman–Crippen LogP) is 2.58. The third kappa shape index (κ3) is 3.18. The van der Waals surface area contributed by atoms with E-state index in [-0.39, 0.29) is 5.91 Å². The number of carbonyl (C=O) groups excluding carboxylic acids is 2. The fourth-order valence-corrected chi connectivity index (χ4v) is 2.74. The van der Waals surface area contributed by atoms with E-state index in [1.54, 1.807) is 25.2 Å². The Hall–Kier alpha value is -3.00. The summed E-state index contributed by atoms with van der Waals surface area (Å²) in [6, 6.07) is 10.1. The van der Waals surface area contributed by atoms with Crippen molar-refractivity contribution in [3.05, 3.63) is 52.9 Å². The molecule has 1 amide bonds. The molecule has 2 heterocycles. The van der Waals surface area contributed by atoms with Crippen LogP contribution in [0.15, 0.2) is 41.8 Å². The summed E-state index contributed by atoms with van der Waals surface area (Å²) >= 11 is 1.52. The molecule has 0 bridgehead atoms. The number of nitrogens with one attached hydrogen (secondary N) is 1. The molecule has 0 saturated heterocycles. The molecular formula is C16H14N4O3S. The van der Waals surface area contributed by atoms with Crippen LogP contribution in [0.2, 0.25) is 0 Å². The molecule has 24 heavy (non-hydrogen) atoms. The van der Waals surface area contributed by atoms with Crippen molar-refractivity contribution < 1.29 is 14.3 Å². The molecule has 122 valence electrons. The van der Waals surface area contributed by atoms with Gasteiger partial charge in [-0.2, -0.15) is 4.98 Å². The lowest BCUT2D eigenvalue weighted by molar-refractivity contribution is 0.0600. The molecule has 2 aromatic heterocycles. The van der Waals surface area contributed by atoms with Gasteiger partial charge in [-0.3, -0.25) is 10.1 Å². The number of ether oxygens (including phenoxy) is 1. The van der Waals surface area contributed by atoms with Crippen LogP contribution in [0, 0.1) is 0 Å². The number of hydrogen-bond acceptors (Lipinski definition) is 6. The summed E-state index contributed by atoms with van der Waals surface area (Å²) in [7, 11) is 2.99. The number of hydrogen-bond donors (Lipinski definition) is 1. The Morgan fingerprint density at radius 2 is 2.00 bits per heavy atom. The normalized spacial score (nSPS) is 10.4. The lowest BCUT2D eigenvalue weighted by Gasteiger charge is -2.05. The maximum Gasteiger partial charge on any atom is 0.337 e. The number of esters is 1. The number of methoxy groups -OCH3 is 1. The highest BCUT2D eigenvalue weighted by Crippen LogP contribution is 2.22. The number of carbonyl (C=O) groups is 2. The van der Waals surface area contributed by atoms with Gasteiger partial charge in [-0.1, -0.05) is 12.1 Å². The molecule has 0 aliphatic heterocycles. The maximum atomic E-state index is 12.4. The molecule has 0 spiro atoms. The minimum Gasteiger partial charge on any atom is -0.465 e. The average Bonchev–Trinajstić information content (AvgIpc) is 3.24. The molecule has 8 heteroatoms. The SMILES string of the molecule is COC(=O)c1cccc(C(=O)Nc2nc(-c3cccs3)nn2C)c1. The van der Waals surface area contributed by atoms with Crippen LogP contribution in [0.3, 0.4) is 0 Å². The van der Waals surface area contributed by atoms with Gasteiger partial charge < -0.3 is 4.74 Å². The third-order valence-corrected chi connectivity index (χ3v) is 4.14. The van der Waals surface area contributed by atoms with Crippen molar-refractivity contribution in [2.75, 3.05) is 12.4 Å². The zero-order valence-corrected chi connectivity index (χ0v) is 13.8. The second kappa shape index (κ2) is 6.63. The standard InChI is InChI=1S/C16H14N4O3S/c1-20-16(17-13(19-20)12-7-4-8-24-12)18-14(21)10-5-3-6-11(9-10)15(22)23-2/h3-9H,1-2H3,(H,17,18,19,21). The van der Waals surface area contributed by atoms with Gasteiger partial charge >= 0.3 is 5.97 Å². The minimum atomic E-state index is -0.497. The number of thiophene rings is 1. The molecule has 0 fully saturated rings. The second-order valence-electron chi connectivity index (χ2n) is 4.89. The molecule has 0 aliphatic rings. The van der Waals surface area contributed by atoms with E-state index in [1.165, 1.54) is 29.2 Å². The summed E-state index contributed by atoms with van der Waals surface area (Å²) in [5, 5.41) is 8.91. The second-order valence-corrected chi connectivity index (χ2v) is 5.83. The van der Waals surface area contributed by atoms with Crippen molar-refractivity contribution in [2.45, 2.75) is 0 Å². The van der Waals surface area contributed by atoms with Crippen LogP contribution in [-0.4, -0.2) is 33.8 Å². The van der Waals surface area contributed by atoms with Crippen LogP contribution >= 0.6 is 11.3 Å². The molecular weight excluding hydrogens is 328 g/mol. The van der Waals surface area contributed by atoms with Crippen molar-refractivity contribution in [1.29, 1.82) is 0 Å². The lowest BCUT2D eigenvalue weighted by atomic mass is 10.1. The summed E-state index contributed by atoms with van der Waals surface area (Å²) in [5.74, 6) is -0.00439. The average molecular weight is 342 g/mol. The molecule has 0 atom stereocenters. The first kappa shape index (κ1) is 15.9. The van der Waals surface area contributed by atoms with Gasteiger partial charge in [0.15, 0.2) is 5.82 Å². The molecule has 7 nitrogen and oxygen atoms in total. The number of rotatable bonds is 4. The highest BCUT2D eigenvalue weighted by molar-refractivity contribution is 7.13. The Morgan fingerprint density at radius 3 is 2.71 bits per heavy atom. The van der Waals surface area contributed by atoms with E-state index >= 15 is 0 Å². The van der Waals surface area contributed by atoms with Gasteiger partial charge in [0.1, 0.15) is 0 Å². The van der Waals surface area contributed by atoms with Crippen molar-refractivity contribution in [3.63, 3.8) is 0 Å². The van der Waals surface area contributed by atoms with Gasteiger partial charge in [0.2, 0.25) is 5.95 Å². The topological polar surface area (TPSA) is 86.1 Å². The van der Waals surface area contributed by atoms with E-state index < -0.39 is 5.97 Å². The fraction of sp³-hybridized carbons (Fsp3) is 0.125. The summed E-state index contributed by atoms with van der Waals surface area (Å²) in [6.07, 6.45) is 0. The molecule has 0 radical (unpaired) electrons. The van der Waals surface area contributed by atoms with Crippen LogP contribution in [-0.2, 0) is 11.8 Å². The molecule has 0 unspecified atom stereocenters. The van der Waals surface area contributed by atoms with E-state index in [1.807, 2.05) is 17.5 Å². The lowest BCUT2D eigenvalue weighted by Crippen LogP contribution is -2.16. The van der Waals surface area contributed by atoms with Gasteiger partial charge in [-0.05, 0) is 29.6 Å². The zero-order valence-electron chi connectivity index (χ0n) is 13.0. The van der Waals surface area contributed by atoms with E-state index in [0.717, 1.165) is 4.88 Å². The number of aryl methyl sites for hydroxylation is 1. The van der Waals surface area contributed by atoms with Crippen LogP contribution in [0.25, 0.3) is 10.7 Å². The van der Waals surface area contributed by atoms with E-state index in [4.69, 9.17) is 0 Å². The van der Waals surface area contributed by atoms with E-state index in [2.05, 4.69) is 20.1 Å². The smallest absolute Gasteiger partial charge is 0.337 e. The van der Waals surface area contributed by atoms with Crippen LogP contribution in [0.5, 0.6) is 0 Å². The Balaban J connectivity index is 1.81. The Kier molecular flexibility index (Phi) is 4.39. The summed E-state index contributed by atoms with van der Waals surface area (Å²) in [6.45, 7) is 0. The number of benzene rings is 1. The zero-order chi connectivity index (χ0) is 17.1. The molecule has 3 aromatic rings. The van der Waals surface area contributed by atoms with Crippen molar-refractivity contribution in [3.8, 4) is 10.7 Å². The van der Waals surface area contributed by atoms with Crippen LogP contribution < -0.4 is 5.32 Å². The molecule has 1 N–H and O–H groups in total. The van der Waals surface area contributed by atoms with Gasteiger partial charge in [0.05, 0.1) is 17.6 Å². The third-order valence-electron chi connectivity index (χ3n) is 3.28. The van der Waals surface area contributed by atoms with Gasteiger partial charge in [-0.25, -0.2) is 9.48 Å². The van der Waals surface area contributed by atoms with E-state index in [0.29, 0.717) is 22.9 Å². The first-order valence-corrected chi connectivity index (χ1v) is 7.91. The number of aromatic nitrogens is 3. The van der Waals surface area contributed by atoms with Crippen molar-refractivity contribution >= 4 is 29.2 Å². The monoisotopic (exact) mass is 342 g/mol. The summed E-state index contributed by atoms with van der Waals surface area (Å²) in [5.41, 5.74) is 0.640. The van der Waals surface area contributed by atoms with Gasteiger partial charge in [0, 0.05) is 12.6 Å². The van der Waals surface area contributed by atoms with Crippen molar-refractivity contribution in [1.82, 2.24) is 14.8 Å². The highest BCUT2D eigenvalue weighted by atomic mass is 32.1. The van der Waals surface area contributed by atoms with Gasteiger partial charge in [-0.15, -0.1) is 16.4 Å². The Labute approximate surface area is 141 Å². The first-order valence-electron chi connectivity index (χ1n) is 7.03. The minimum absolute atomic E-state index is 0.308. The maximum absolute atomic E-state index is 12.4. The number of nitrogens with zero attached hydrogens (tertiary/aromatic N) is 3. The summed E-state index contributed by atoms with van der Waals surface area (Å²) < 4.78 is 6.15. The molecule has 1 aromatic carbocycles. The van der Waals surface area contributed by atoms with Crippen LogP contribution in [0.1, 0.15) is 20.7 Å². The van der Waals surface area contributed by atoms with E-state index in [9.17, 15) is 9.59 Å². The van der Waals surface area contributed by atoms with Crippen LogP contribution in [0.4, 0.5) is 5.95 Å². The first-order chi connectivity index (χ1) is 11.6. The largest absolute Gasteiger partial charge is 0.465 e. The van der Waals surface area contributed by atoms with Crippen molar-refractivity contribution in [2.24, 2.45) is 7.05 Å². The number of amides is 1.